The number of pyridine rings is 1. The molecule has 0 saturated heterocycles. The van der Waals surface area contributed by atoms with Gasteiger partial charge in [0.2, 0.25) is 16.8 Å². The average Bonchev–Trinajstić information content (AvgIpc) is 2.88. The largest absolute Gasteiger partial charge is 0.481 e. The predicted molar refractivity (Wildman–Crippen MR) is 72.3 cm³/mol. The Kier molecular flexibility index (Phi) is 4.15. The van der Waals surface area contributed by atoms with Crippen LogP contribution in [-0.4, -0.2) is 36.6 Å². The van der Waals surface area contributed by atoms with E-state index >= 15 is 0 Å². The Morgan fingerprint density at radius 3 is 2.65 bits per heavy atom. The normalized spacial score (nSPS) is 10.5. The van der Waals surface area contributed by atoms with Gasteiger partial charge >= 0.3 is 5.97 Å². The molecule has 106 valence electrons. The summed E-state index contributed by atoms with van der Waals surface area (Å²) >= 11 is 0.910. The summed E-state index contributed by atoms with van der Waals surface area (Å²) in [5.74, 6) is -0.984. The topological polar surface area (TPSA) is 110 Å². The Balaban J connectivity index is 2.50. The molecule has 0 bridgehead atoms. The van der Waals surface area contributed by atoms with Crippen LogP contribution in [-0.2, 0) is 10.9 Å². The van der Waals surface area contributed by atoms with E-state index in [-0.39, 0.29) is 16.4 Å². The summed E-state index contributed by atoms with van der Waals surface area (Å²) in [4.78, 5) is 18.6. The van der Waals surface area contributed by atoms with Crippen molar-refractivity contribution in [2.24, 2.45) is 0 Å². The fourth-order valence-electron chi connectivity index (χ4n) is 1.44. The molecular formula is C10H9N3O5S2. The van der Waals surface area contributed by atoms with Gasteiger partial charge in [-0.05, 0) is 6.07 Å². The smallest absolute Gasteiger partial charge is 0.357 e. The second kappa shape index (κ2) is 5.84. The van der Waals surface area contributed by atoms with Crippen molar-refractivity contribution < 1.29 is 23.1 Å². The van der Waals surface area contributed by atoms with Crippen LogP contribution in [0.15, 0.2) is 23.8 Å². The summed E-state index contributed by atoms with van der Waals surface area (Å²) in [7, 11) is -1.66. The number of thiazole rings is 1. The second-order valence-corrected chi connectivity index (χ2v) is 5.13. The Hall–Kier alpha value is -2.20. The number of rotatable bonds is 5. The summed E-state index contributed by atoms with van der Waals surface area (Å²) in [6, 6.07) is 2.94. The van der Waals surface area contributed by atoms with Crippen LogP contribution < -0.4 is 9.04 Å². The number of methoxy groups -OCH3 is 1. The number of carbonyl (C=O) groups is 1. The van der Waals surface area contributed by atoms with Gasteiger partial charge in [-0.1, -0.05) is 0 Å². The van der Waals surface area contributed by atoms with Crippen molar-refractivity contribution in [3.8, 4) is 5.88 Å². The number of hydrogen-bond acceptors (Lipinski definition) is 7. The fraction of sp³-hybridized carbons (Fsp3) is 0.100. The Labute approximate surface area is 119 Å². The maximum Gasteiger partial charge on any atom is 0.357 e. The molecular weight excluding hydrogens is 306 g/mol. The van der Waals surface area contributed by atoms with Crippen LogP contribution in [0.3, 0.4) is 0 Å². The Morgan fingerprint density at radius 2 is 2.15 bits per heavy atom. The maximum atomic E-state index is 11.4. The second-order valence-electron chi connectivity index (χ2n) is 3.42. The van der Waals surface area contributed by atoms with Gasteiger partial charge in [0, 0.05) is 6.07 Å². The molecule has 10 heteroatoms. The molecule has 0 aliphatic heterocycles. The van der Waals surface area contributed by atoms with Crippen LogP contribution in [0.4, 0.5) is 10.7 Å². The lowest BCUT2D eigenvalue weighted by molar-refractivity contribution is 0.0692. The molecule has 0 amide bonds. The van der Waals surface area contributed by atoms with Crippen LogP contribution >= 0.6 is 11.3 Å². The van der Waals surface area contributed by atoms with Crippen LogP contribution in [0.5, 0.6) is 5.88 Å². The zero-order valence-corrected chi connectivity index (χ0v) is 11.8. The molecule has 0 saturated carbocycles. The fourth-order valence-corrected chi connectivity index (χ4v) is 3.05. The van der Waals surface area contributed by atoms with E-state index in [9.17, 15) is 13.2 Å². The maximum absolute atomic E-state index is 11.4. The van der Waals surface area contributed by atoms with Crippen LogP contribution in [0.2, 0.25) is 0 Å². The molecule has 1 N–H and O–H groups in total. The molecule has 0 aliphatic rings. The van der Waals surface area contributed by atoms with E-state index in [2.05, 4.69) is 9.97 Å². The third-order valence-electron chi connectivity index (χ3n) is 2.28. The molecule has 0 aliphatic carbocycles. The zero-order valence-electron chi connectivity index (χ0n) is 10.1. The van der Waals surface area contributed by atoms with Crippen molar-refractivity contribution in [2.45, 2.75) is 0 Å². The summed E-state index contributed by atoms with van der Waals surface area (Å²) in [6.45, 7) is 0. The first-order valence-corrected chi connectivity index (χ1v) is 7.17. The summed E-state index contributed by atoms with van der Waals surface area (Å²) in [6.07, 6.45) is 1.27. The first kappa shape index (κ1) is 14.2. The lowest BCUT2D eigenvalue weighted by Gasteiger charge is -2.15. The molecule has 0 fully saturated rings. The molecule has 0 radical (unpaired) electrons. The van der Waals surface area contributed by atoms with E-state index < -0.39 is 16.9 Å². The number of nitrogens with zero attached hydrogens (tertiary/aromatic N) is 3. The summed E-state index contributed by atoms with van der Waals surface area (Å²) in [5.41, 5.74) is 1.14. The highest BCUT2D eigenvalue weighted by molar-refractivity contribution is 7.74. The van der Waals surface area contributed by atoms with Gasteiger partial charge in [0.1, 0.15) is 5.00 Å². The van der Waals surface area contributed by atoms with E-state index in [1.54, 1.807) is 0 Å². The number of carboxylic acids is 1. The highest BCUT2D eigenvalue weighted by Gasteiger charge is 2.23. The molecule has 0 aromatic carbocycles. The number of anilines is 2. The zero-order chi connectivity index (χ0) is 14.7. The molecule has 2 aromatic heterocycles. The van der Waals surface area contributed by atoms with Gasteiger partial charge in [0.25, 0.3) is 0 Å². The molecule has 2 aromatic rings. The number of aromatic carboxylic acids is 1. The van der Waals surface area contributed by atoms with E-state index in [1.807, 2.05) is 0 Å². The third kappa shape index (κ3) is 2.70. The van der Waals surface area contributed by atoms with E-state index in [1.165, 1.54) is 30.9 Å². The molecule has 2 rings (SSSR count). The highest BCUT2D eigenvalue weighted by Crippen LogP contribution is 2.32. The van der Waals surface area contributed by atoms with Gasteiger partial charge in [-0.3, -0.25) is 0 Å². The minimum atomic E-state index is -3.09. The van der Waals surface area contributed by atoms with Crippen LogP contribution in [0.1, 0.15) is 10.5 Å². The Morgan fingerprint density at radius 1 is 1.40 bits per heavy atom. The van der Waals surface area contributed by atoms with Gasteiger partial charge in [-0.2, -0.15) is 0 Å². The average molecular weight is 315 g/mol. The van der Waals surface area contributed by atoms with Crippen molar-refractivity contribution >= 4 is 38.9 Å². The highest BCUT2D eigenvalue weighted by atomic mass is 32.2. The number of hydrogen-bond donors (Lipinski definition) is 2. The van der Waals surface area contributed by atoms with Gasteiger partial charge in [-0.15, -0.1) is 11.3 Å². The number of carboxylic acid groups (broad SMARTS) is 1. The van der Waals surface area contributed by atoms with Gasteiger partial charge in [0.15, 0.2) is 5.69 Å². The van der Waals surface area contributed by atoms with Crippen molar-refractivity contribution in [2.75, 3.05) is 11.4 Å². The van der Waals surface area contributed by atoms with Gasteiger partial charge in [-0.25, -0.2) is 27.5 Å². The standard InChI is InChI=1S/C10H9N3O5S2/c1-18-7-3-2-6(4-11-7)13(20(16)17)9-8(10(14)15)12-5-19-9/h2-5,20H,1H3,(H,14,15). The van der Waals surface area contributed by atoms with E-state index in [0.717, 1.165) is 15.6 Å². The molecule has 2 heterocycles. The van der Waals surface area contributed by atoms with Crippen LogP contribution in [0.25, 0.3) is 0 Å². The van der Waals surface area contributed by atoms with Crippen molar-refractivity contribution in [3.05, 3.63) is 29.5 Å². The van der Waals surface area contributed by atoms with E-state index in [0.29, 0.717) is 5.88 Å². The van der Waals surface area contributed by atoms with E-state index in [4.69, 9.17) is 9.84 Å². The summed E-state index contributed by atoms with van der Waals surface area (Å²) in [5, 5.41) is 9.00. The monoisotopic (exact) mass is 315 g/mol. The summed E-state index contributed by atoms with van der Waals surface area (Å²) < 4.78 is 28.6. The van der Waals surface area contributed by atoms with Crippen molar-refractivity contribution in [3.63, 3.8) is 0 Å². The third-order valence-corrected chi connectivity index (χ3v) is 3.98. The minimum Gasteiger partial charge on any atom is -0.481 e. The molecule has 0 spiro atoms. The molecule has 20 heavy (non-hydrogen) atoms. The minimum absolute atomic E-state index is 0.000535. The molecule has 0 unspecified atom stereocenters. The van der Waals surface area contributed by atoms with Crippen LogP contribution in [0, 0.1) is 0 Å². The number of thiol groups is 1. The quantitative estimate of drug-likeness (QED) is 0.789. The SMILES string of the molecule is COc1ccc(N(c2scnc2C(=O)O)[SH](=O)=O)cn1. The predicted octanol–water partition coefficient (Wildman–Crippen LogP) is 0.909. The Bertz CT molecular complexity index is 687. The first-order chi connectivity index (χ1) is 9.54. The lowest BCUT2D eigenvalue weighted by atomic mass is 10.4. The van der Waals surface area contributed by atoms with Gasteiger partial charge in [0.05, 0.1) is 24.5 Å². The molecule has 8 nitrogen and oxygen atoms in total. The number of aromatic nitrogens is 2. The first-order valence-electron chi connectivity index (χ1n) is 5.16. The lowest BCUT2D eigenvalue weighted by Crippen LogP contribution is -2.16. The molecule has 0 atom stereocenters. The van der Waals surface area contributed by atoms with Crippen molar-refractivity contribution in [1.82, 2.24) is 9.97 Å². The van der Waals surface area contributed by atoms with Crippen molar-refractivity contribution in [1.29, 1.82) is 0 Å². The van der Waals surface area contributed by atoms with Gasteiger partial charge < -0.3 is 9.84 Å². The number of ether oxygens (including phenoxy) is 1.